The smallest absolute Gasteiger partial charge is 0.345 e. The maximum absolute atomic E-state index is 14.8. The van der Waals surface area contributed by atoms with Gasteiger partial charge in [0, 0.05) is 32.6 Å². The standard InChI is InChI=1S/C39H32N2O11S3/c1-18-14-15-23-22(16-18)26-31(38(2,3)41(23)24(42)17-40-32(43)20-12-8-10-19-11-9-13-21(25(19)20)33(40)44)53-28(35(46)50-5)27(34(45)49-4)39(26)54-29(36(47)51-6)30(55-39)37(48)52-7/h8-16H,17H2,1-7H3. The number of aryl methyl sites for hydroxylation is 1. The first-order chi connectivity index (χ1) is 26.2. The zero-order valence-electron chi connectivity index (χ0n) is 30.5. The maximum Gasteiger partial charge on any atom is 0.345 e. The van der Waals surface area contributed by atoms with E-state index in [9.17, 15) is 33.6 Å². The van der Waals surface area contributed by atoms with Crippen molar-refractivity contribution in [2.24, 2.45) is 0 Å². The van der Waals surface area contributed by atoms with Gasteiger partial charge in [0.25, 0.3) is 11.8 Å². The van der Waals surface area contributed by atoms with Crippen molar-refractivity contribution in [1.29, 1.82) is 0 Å². The number of hydrogen-bond donors (Lipinski definition) is 0. The fourth-order valence-electron chi connectivity index (χ4n) is 7.31. The van der Waals surface area contributed by atoms with Gasteiger partial charge in [0.1, 0.15) is 25.3 Å². The summed E-state index contributed by atoms with van der Waals surface area (Å²) in [5, 5.41) is 1.23. The molecule has 16 heteroatoms. The van der Waals surface area contributed by atoms with E-state index in [1.54, 1.807) is 68.4 Å². The number of rotatable bonds is 6. The van der Waals surface area contributed by atoms with E-state index in [4.69, 9.17) is 18.9 Å². The predicted octanol–water partition coefficient (Wildman–Crippen LogP) is 5.36. The number of benzene rings is 3. The summed E-state index contributed by atoms with van der Waals surface area (Å²) in [6.45, 7) is 4.63. The summed E-state index contributed by atoms with van der Waals surface area (Å²) in [5.74, 6) is -5.49. The molecule has 4 aliphatic rings. The second-order valence-corrected chi connectivity index (χ2v) is 16.9. The Balaban J connectivity index is 1.43. The average Bonchev–Trinajstić information content (AvgIpc) is 3.57. The van der Waals surface area contributed by atoms with Gasteiger partial charge in [0.05, 0.1) is 45.2 Å². The Labute approximate surface area is 327 Å². The number of fused-ring (bicyclic) bond motifs is 3. The lowest BCUT2D eigenvalue weighted by molar-refractivity contribution is -0.138. The number of carbonyl (C=O) groups excluding carboxylic acids is 7. The first kappa shape index (κ1) is 38.0. The van der Waals surface area contributed by atoms with Crippen LogP contribution in [0.3, 0.4) is 0 Å². The molecule has 0 fully saturated rings. The molecule has 4 aliphatic heterocycles. The van der Waals surface area contributed by atoms with Crippen molar-refractivity contribution in [2.45, 2.75) is 30.4 Å². The molecule has 0 unspecified atom stereocenters. The summed E-state index contributed by atoms with van der Waals surface area (Å²) in [7, 11) is 4.56. The van der Waals surface area contributed by atoms with Gasteiger partial charge in [0.15, 0.2) is 0 Å². The average molecular weight is 801 g/mol. The highest BCUT2D eigenvalue weighted by Gasteiger charge is 2.62. The largest absolute Gasteiger partial charge is 0.466 e. The second-order valence-electron chi connectivity index (χ2n) is 13.2. The van der Waals surface area contributed by atoms with Crippen LogP contribution in [-0.4, -0.2) is 91.1 Å². The zero-order chi connectivity index (χ0) is 39.7. The molecular weight excluding hydrogens is 769 g/mol. The van der Waals surface area contributed by atoms with E-state index in [1.165, 1.54) is 4.90 Å². The molecule has 3 amide bonds. The molecule has 0 N–H and O–H groups in total. The molecule has 3 aromatic carbocycles. The molecule has 0 radical (unpaired) electrons. The highest BCUT2D eigenvalue weighted by molar-refractivity contribution is 8.26. The van der Waals surface area contributed by atoms with Crippen molar-refractivity contribution in [3.05, 3.63) is 102 Å². The van der Waals surface area contributed by atoms with Gasteiger partial charge in [-0.3, -0.25) is 19.3 Å². The molecule has 0 saturated heterocycles. The van der Waals surface area contributed by atoms with E-state index in [0.717, 1.165) is 79.6 Å². The summed E-state index contributed by atoms with van der Waals surface area (Å²) < 4.78 is 18.8. The van der Waals surface area contributed by atoms with Crippen LogP contribution in [0.2, 0.25) is 0 Å². The Kier molecular flexibility index (Phi) is 9.50. The Morgan fingerprint density at radius 2 is 1.22 bits per heavy atom. The summed E-state index contributed by atoms with van der Waals surface area (Å²) in [5.41, 5.74) is 0.914. The van der Waals surface area contributed by atoms with Crippen molar-refractivity contribution in [1.82, 2.24) is 4.90 Å². The van der Waals surface area contributed by atoms with Gasteiger partial charge in [0.2, 0.25) is 5.91 Å². The number of imide groups is 1. The normalized spacial score (nSPS) is 18.0. The van der Waals surface area contributed by atoms with Gasteiger partial charge in [-0.25, -0.2) is 19.2 Å². The van der Waals surface area contributed by atoms with E-state index in [2.05, 4.69) is 0 Å². The summed E-state index contributed by atoms with van der Waals surface area (Å²) in [6.07, 6.45) is 0. The maximum atomic E-state index is 14.8. The third kappa shape index (κ3) is 5.60. The number of nitrogens with zero attached hydrogens (tertiary/aromatic N) is 2. The van der Waals surface area contributed by atoms with Crippen LogP contribution in [0.1, 0.15) is 45.7 Å². The fourth-order valence-corrected chi connectivity index (χ4v) is 12.4. The number of esters is 4. The Morgan fingerprint density at radius 1 is 0.691 bits per heavy atom. The summed E-state index contributed by atoms with van der Waals surface area (Å²) in [4.78, 5) is 99.2. The highest BCUT2D eigenvalue weighted by atomic mass is 32.2. The number of hydrogen-bond acceptors (Lipinski definition) is 14. The Hall–Kier alpha value is -5.32. The second kappa shape index (κ2) is 13.8. The van der Waals surface area contributed by atoms with Crippen molar-refractivity contribution >= 4 is 98.9 Å². The molecule has 55 heavy (non-hydrogen) atoms. The van der Waals surface area contributed by atoms with Crippen LogP contribution in [0.5, 0.6) is 0 Å². The molecule has 0 aliphatic carbocycles. The van der Waals surface area contributed by atoms with Gasteiger partial charge in [-0.1, -0.05) is 71.2 Å². The first-order valence-corrected chi connectivity index (χ1v) is 19.1. The van der Waals surface area contributed by atoms with Crippen molar-refractivity contribution < 1.29 is 52.5 Å². The molecule has 1 spiro atoms. The topological polar surface area (TPSA) is 163 Å². The minimum atomic E-state index is -1.76. The number of thioether (sulfide) groups is 3. The summed E-state index contributed by atoms with van der Waals surface area (Å²) in [6, 6.07) is 15.5. The molecule has 0 bridgehead atoms. The third-order valence-corrected chi connectivity index (χ3v) is 14.3. The van der Waals surface area contributed by atoms with Crippen LogP contribution < -0.4 is 4.90 Å². The van der Waals surface area contributed by atoms with E-state index >= 15 is 0 Å². The van der Waals surface area contributed by atoms with Crippen molar-refractivity contribution in [3.8, 4) is 0 Å². The minimum Gasteiger partial charge on any atom is -0.466 e. The Morgan fingerprint density at radius 3 is 1.75 bits per heavy atom. The molecule has 7 rings (SSSR count). The van der Waals surface area contributed by atoms with Gasteiger partial charge >= 0.3 is 23.9 Å². The van der Waals surface area contributed by atoms with Crippen LogP contribution >= 0.6 is 35.3 Å². The van der Waals surface area contributed by atoms with Crippen LogP contribution in [0.15, 0.2) is 79.8 Å². The zero-order valence-corrected chi connectivity index (χ0v) is 33.0. The van der Waals surface area contributed by atoms with Gasteiger partial charge < -0.3 is 23.8 Å². The van der Waals surface area contributed by atoms with Crippen LogP contribution in [0.25, 0.3) is 16.3 Å². The summed E-state index contributed by atoms with van der Waals surface area (Å²) >= 11 is 2.52. The molecule has 4 heterocycles. The highest BCUT2D eigenvalue weighted by Crippen LogP contribution is 2.71. The number of carbonyl (C=O) groups is 7. The van der Waals surface area contributed by atoms with E-state index in [1.807, 2.05) is 6.92 Å². The predicted molar refractivity (Wildman–Crippen MR) is 207 cm³/mol. The minimum absolute atomic E-state index is 0.174. The van der Waals surface area contributed by atoms with Crippen LogP contribution in [0, 0.1) is 6.92 Å². The van der Waals surface area contributed by atoms with Crippen molar-refractivity contribution in [2.75, 3.05) is 39.9 Å². The van der Waals surface area contributed by atoms with Gasteiger partial charge in [-0.15, -0.1) is 0 Å². The van der Waals surface area contributed by atoms with Crippen molar-refractivity contribution in [3.63, 3.8) is 0 Å². The lowest BCUT2D eigenvalue weighted by atomic mass is 9.82. The van der Waals surface area contributed by atoms with Crippen LogP contribution in [-0.2, 0) is 42.9 Å². The van der Waals surface area contributed by atoms with Crippen LogP contribution in [0.4, 0.5) is 5.69 Å². The third-order valence-electron chi connectivity index (χ3n) is 9.69. The lowest BCUT2D eigenvalue weighted by Crippen LogP contribution is -2.57. The van der Waals surface area contributed by atoms with Gasteiger partial charge in [-0.05, 0) is 50.4 Å². The van der Waals surface area contributed by atoms with Gasteiger partial charge in [-0.2, -0.15) is 0 Å². The SMILES string of the molecule is COC(=O)C1=C(C(=O)OC)SC2(S1)C(C(=O)OC)=C(C(=O)OC)SC1=C2c2cc(C)ccc2N(C(=O)CN2C(=O)c3cccc4cccc(c34)C2=O)C1(C)C. The number of methoxy groups -OCH3 is 4. The quantitative estimate of drug-likeness (QED) is 0.178. The molecule has 3 aromatic rings. The molecular formula is C39H32N2O11S3. The Bertz CT molecular complexity index is 2350. The van der Waals surface area contributed by atoms with E-state index in [-0.39, 0.29) is 31.4 Å². The van der Waals surface area contributed by atoms with E-state index in [0.29, 0.717) is 27.1 Å². The monoisotopic (exact) mass is 800 g/mol. The number of amides is 3. The lowest BCUT2D eigenvalue weighted by Gasteiger charge is -2.51. The molecule has 13 nitrogen and oxygen atoms in total. The molecule has 0 aromatic heterocycles. The number of ether oxygens (including phenoxy) is 4. The fraction of sp³-hybridized carbons (Fsp3) is 0.256. The first-order valence-electron chi connectivity index (χ1n) is 16.6. The van der Waals surface area contributed by atoms with E-state index < -0.39 is 57.8 Å². The molecule has 0 atom stereocenters. The molecule has 0 saturated carbocycles. The number of anilines is 1. The molecule has 282 valence electrons.